The summed E-state index contributed by atoms with van der Waals surface area (Å²) < 4.78 is 5.12. The number of carbonyl (C=O) groups excluding carboxylic acids is 1. The molecule has 0 aliphatic heterocycles. The molecule has 0 aliphatic rings. The zero-order valence-corrected chi connectivity index (χ0v) is 8.67. The van der Waals surface area contributed by atoms with Crippen molar-refractivity contribution in [2.45, 2.75) is 46.1 Å². The van der Waals surface area contributed by atoms with Gasteiger partial charge >= 0.3 is 5.97 Å². The van der Waals surface area contributed by atoms with Crippen molar-refractivity contribution in [2.24, 2.45) is 5.92 Å². The van der Waals surface area contributed by atoms with Gasteiger partial charge in [0, 0.05) is 0 Å². The second kappa shape index (κ2) is 6.63. The Morgan fingerprint density at radius 3 is 2.54 bits per heavy atom. The van der Waals surface area contributed by atoms with Crippen LogP contribution in [0.2, 0.25) is 0 Å². The van der Waals surface area contributed by atoms with Gasteiger partial charge in [-0.15, -0.1) is 0 Å². The van der Waals surface area contributed by atoms with Gasteiger partial charge in [-0.05, 0) is 31.9 Å². The normalized spacial score (nSPS) is 12.6. The summed E-state index contributed by atoms with van der Waals surface area (Å²) in [4.78, 5) is 11.1. The summed E-state index contributed by atoms with van der Waals surface area (Å²) in [5, 5.41) is 6.76. The van der Waals surface area contributed by atoms with Crippen LogP contribution in [-0.4, -0.2) is 18.3 Å². The fourth-order valence-electron chi connectivity index (χ4n) is 1.19. The minimum Gasteiger partial charge on any atom is -0.463 e. The molecule has 1 N–H and O–H groups in total. The number of hydrogen-bond acceptors (Lipinski definition) is 3. The molecule has 0 aromatic heterocycles. The van der Waals surface area contributed by atoms with Crippen LogP contribution in [0.4, 0.5) is 0 Å². The Morgan fingerprint density at radius 1 is 1.46 bits per heavy atom. The summed E-state index contributed by atoms with van der Waals surface area (Å²) in [5.74, 6) is 0.349. The Labute approximate surface area is 80.0 Å². The minimum atomic E-state index is -0.198. The molecule has 76 valence electrons. The standard InChI is InChI=1S/C10H19NO2/c1-8(2)7-9(3)13-10(12)5-4-6-11/h6,8-9,11H,4-5,7H2,1-3H3. The fraction of sp³-hybridized carbons (Fsp3) is 0.800. The van der Waals surface area contributed by atoms with E-state index in [2.05, 4.69) is 13.8 Å². The van der Waals surface area contributed by atoms with Gasteiger partial charge in [0.05, 0.1) is 12.5 Å². The Kier molecular flexibility index (Phi) is 6.20. The Morgan fingerprint density at radius 2 is 2.08 bits per heavy atom. The highest BCUT2D eigenvalue weighted by Gasteiger charge is 2.09. The van der Waals surface area contributed by atoms with Gasteiger partial charge in [-0.2, -0.15) is 0 Å². The molecule has 0 amide bonds. The van der Waals surface area contributed by atoms with E-state index in [1.54, 1.807) is 0 Å². The third-order valence-corrected chi connectivity index (χ3v) is 1.63. The van der Waals surface area contributed by atoms with Crippen LogP contribution in [0.1, 0.15) is 40.0 Å². The molecule has 0 fully saturated rings. The monoisotopic (exact) mass is 185 g/mol. The summed E-state index contributed by atoms with van der Waals surface area (Å²) in [7, 11) is 0. The summed E-state index contributed by atoms with van der Waals surface area (Å²) in [6.45, 7) is 6.10. The molecular formula is C10H19NO2. The second-order valence-corrected chi connectivity index (χ2v) is 3.67. The van der Waals surface area contributed by atoms with Crippen LogP contribution in [0, 0.1) is 11.3 Å². The maximum atomic E-state index is 11.1. The van der Waals surface area contributed by atoms with E-state index in [4.69, 9.17) is 10.1 Å². The molecule has 0 rings (SSSR count). The van der Waals surface area contributed by atoms with Gasteiger partial charge in [0.15, 0.2) is 0 Å². The van der Waals surface area contributed by atoms with Gasteiger partial charge < -0.3 is 10.1 Å². The van der Waals surface area contributed by atoms with Crippen LogP contribution in [0.3, 0.4) is 0 Å². The van der Waals surface area contributed by atoms with E-state index in [0.29, 0.717) is 18.8 Å². The molecule has 0 spiro atoms. The largest absolute Gasteiger partial charge is 0.463 e. The predicted octanol–water partition coefficient (Wildman–Crippen LogP) is 2.39. The number of nitrogens with one attached hydrogen (secondary N) is 1. The molecule has 0 aromatic carbocycles. The zero-order chi connectivity index (χ0) is 10.3. The van der Waals surface area contributed by atoms with Gasteiger partial charge in [-0.1, -0.05) is 13.8 Å². The number of ether oxygens (including phenoxy) is 1. The van der Waals surface area contributed by atoms with Crippen molar-refractivity contribution in [1.29, 1.82) is 5.41 Å². The molecule has 1 unspecified atom stereocenters. The Hall–Kier alpha value is -0.860. The molecule has 0 radical (unpaired) electrons. The van der Waals surface area contributed by atoms with Crippen LogP contribution < -0.4 is 0 Å². The Balaban J connectivity index is 3.58. The average molecular weight is 185 g/mol. The first-order chi connectivity index (χ1) is 6.06. The molecule has 0 saturated carbocycles. The summed E-state index contributed by atoms with van der Waals surface area (Å²) in [5.41, 5.74) is 0. The maximum absolute atomic E-state index is 11.1. The van der Waals surface area contributed by atoms with Crippen LogP contribution in [0.15, 0.2) is 0 Å². The first-order valence-electron chi connectivity index (χ1n) is 4.74. The second-order valence-electron chi connectivity index (χ2n) is 3.67. The smallest absolute Gasteiger partial charge is 0.306 e. The zero-order valence-electron chi connectivity index (χ0n) is 8.67. The quantitative estimate of drug-likeness (QED) is 0.510. The van der Waals surface area contributed by atoms with Gasteiger partial charge in [0.2, 0.25) is 0 Å². The van der Waals surface area contributed by atoms with Crippen molar-refractivity contribution in [2.75, 3.05) is 0 Å². The van der Waals surface area contributed by atoms with E-state index >= 15 is 0 Å². The van der Waals surface area contributed by atoms with Gasteiger partial charge in [0.25, 0.3) is 0 Å². The highest BCUT2D eigenvalue weighted by molar-refractivity contribution is 5.72. The number of esters is 1. The van der Waals surface area contributed by atoms with Crippen LogP contribution in [0.5, 0.6) is 0 Å². The maximum Gasteiger partial charge on any atom is 0.306 e. The summed E-state index contributed by atoms with van der Waals surface area (Å²) in [6.07, 6.45) is 2.93. The van der Waals surface area contributed by atoms with Gasteiger partial charge in [-0.25, -0.2) is 0 Å². The van der Waals surface area contributed by atoms with Crippen LogP contribution in [0.25, 0.3) is 0 Å². The first kappa shape index (κ1) is 12.1. The SMILES string of the molecule is CC(C)CC(C)OC(=O)CCC=N. The third-order valence-electron chi connectivity index (χ3n) is 1.63. The highest BCUT2D eigenvalue weighted by atomic mass is 16.5. The topological polar surface area (TPSA) is 50.2 Å². The van der Waals surface area contributed by atoms with Crippen molar-refractivity contribution in [3.8, 4) is 0 Å². The van der Waals surface area contributed by atoms with Crippen molar-refractivity contribution in [3.05, 3.63) is 0 Å². The van der Waals surface area contributed by atoms with E-state index in [0.717, 1.165) is 6.42 Å². The lowest BCUT2D eigenvalue weighted by Gasteiger charge is -2.14. The van der Waals surface area contributed by atoms with E-state index in [1.807, 2.05) is 6.92 Å². The van der Waals surface area contributed by atoms with E-state index < -0.39 is 0 Å². The molecule has 13 heavy (non-hydrogen) atoms. The highest BCUT2D eigenvalue weighted by Crippen LogP contribution is 2.08. The number of rotatable bonds is 6. The van der Waals surface area contributed by atoms with Crippen LogP contribution in [-0.2, 0) is 9.53 Å². The summed E-state index contributed by atoms with van der Waals surface area (Å²) >= 11 is 0. The molecular weight excluding hydrogens is 166 g/mol. The Bertz CT molecular complexity index is 166. The molecule has 3 heteroatoms. The molecule has 0 bridgehead atoms. The number of carbonyl (C=O) groups is 1. The number of hydrogen-bond donors (Lipinski definition) is 1. The van der Waals surface area contributed by atoms with Crippen molar-refractivity contribution >= 4 is 12.2 Å². The first-order valence-corrected chi connectivity index (χ1v) is 4.74. The van der Waals surface area contributed by atoms with E-state index in [1.165, 1.54) is 6.21 Å². The lowest BCUT2D eigenvalue weighted by Crippen LogP contribution is -2.16. The lowest BCUT2D eigenvalue weighted by molar-refractivity contribution is -0.148. The molecule has 0 heterocycles. The predicted molar refractivity (Wildman–Crippen MR) is 53.0 cm³/mol. The lowest BCUT2D eigenvalue weighted by atomic mass is 10.1. The molecule has 0 saturated heterocycles. The van der Waals surface area contributed by atoms with Gasteiger partial charge in [0.1, 0.15) is 0 Å². The molecule has 1 atom stereocenters. The van der Waals surface area contributed by atoms with Crippen molar-refractivity contribution < 1.29 is 9.53 Å². The molecule has 3 nitrogen and oxygen atoms in total. The van der Waals surface area contributed by atoms with E-state index in [-0.39, 0.29) is 12.1 Å². The minimum absolute atomic E-state index is 0.00164. The average Bonchev–Trinajstić information content (AvgIpc) is 1.98. The van der Waals surface area contributed by atoms with Gasteiger partial charge in [-0.3, -0.25) is 4.79 Å². The molecule has 0 aliphatic carbocycles. The van der Waals surface area contributed by atoms with E-state index in [9.17, 15) is 4.79 Å². The molecule has 0 aromatic rings. The van der Waals surface area contributed by atoms with Crippen LogP contribution >= 0.6 is 0 Å². The third kappa shape index (κ3) is 7.50. The van der Waals surface area contributed by atoms with Crippen molar-refractivity contribution in [1.82, 2.24) is 0 Å². The summed E-state index contributed by atoms with van der Waals surface area (Å²) in [6, 6.07) is 0. The fourth-order valence-corrected chi connectivity index (χ4v) is 1.19. The van der Waals surface area contributed by atoms with Crippen molar-refractivity contribution in [3.63, 3.8) is 0 Å².